The Morgan fingerprint density at radius 1 is 0.926 bits per heavy atom. The molecule has 2 fully saturated rings. The second kappa shape index (κ2) is 9.38. The SMILES string of the molecule is Cl.O=C(c1ccccc1Cc1ccccc1)N1CCC(NCC2CC2)CC1. The normalized spacial score (nSPS) is 17.4. The van der Waals surface area contributed by atoms with Crippen LogP contribution in [0.4, 0.5) is 0 Å². The predicted molar refractivity (Wildman–Crippen MR) is 113 cm³/mol. The van der Waals surface area contributed by atoms with E-state index in [1.165, 1.54) is 24.9 Å². The summed E-state index contributed by atoms with van der Waals surface area (Å²) >= 11 is 0. The summed E-state index contributed by atoms with van der Waals surface area (Å²) in [5, 5.41) is 3.69. The van der Waals surface area contributed by atoms with Crippen molar-refractivity contribution in [2.45, 2.75) is 38.1 Å². The van der Waals surface area contributed by atoms with Crippen molar-refractivity contribution in [3.63, 3.8) is 0 Å². The van der Waals surface area contributed by atoms with Crippen LogP contribution in [0.5, 0.6) is 0 Å². The van der Waals surface area contributed by atoms with E-state index in [9.17, 15) is 4.79 Å². The number of nitrogens with one attached hydrogen (secondary N) is 1. The van der Waals surface area contributed by atoms with E-state index in [0.29, 0.717) is 6.04 Å². The molecule has 0 aromatic heterocycles. The molecule has 1 N–H and O–H groups in total. The first-order valence-electron chi connectivity index (χ1n) is 9.94. The van der Waals surface area contributed by atoms with Crippen molar-refractivity contribution in [1.29, 1.82) is 0 Å². The van der Waals surface area contributed by atoms with Crippen LogP contribution < -0.4 is 5.32 Å². The number of carbonyl (C=O) groups is 1. The average Bonchev–Trinajstić information content (AvgIpc) is 3.52. The smallest absolute Gasteiger partial charge is 0.254 e. The molecule has 0 bridgehead atoms. The number of rotatable bonds is 6. The molecular weight excluding hydrogens is 356 g/mol. The fourth-order valence-corrected chi connectivity index (χ4v) is 3.81. The van der Waals surface area contributed by atoms with Gasteiger partial charge in [-0.15, -0.1) is 12.4 Å². The Labute approximate surface area is 168 Å². The molecular formula is C23H29ClN2O. The molecule has 4 heteroatoms. The molecule has 1 saturated heterocycles. The monoisotopic (exact) mass is 384 g/mol. The Bertz CT molecular complexity index is 737. The van der Waals surface area contributed by atoms with Crippen LogP contribution in [0.3, 0.4) is 0 Å². The van der Waals surface area contributed by atoms with Crippen LogP contribution in [0.1, 0.15) is 47.2 Å². The number of hydrogen-bond donors (Lipinski definition) is 1. The molecule has 0 spiro atoms. The van der Waals surface area contributed by atoms with Gasteiger partial charge in [0.15, 0.2) is 0 Å². The minimum Gasteiger partial charge on any atom is -0.339 e. The molecule has 0 unspecified atom stereocenters. The highest BCUT2D eigenvalue weighted by Gasteiger charge is 2.27. The van der Waals surface area contributed by atoms with Crippen molar-refractivity contribution < 1.29 is 4.79 Å². The van der Waals surface area contributed by atoms with Crippen molar-refractivity contribution in [1.82, 2.24) is 10.2 Å². The van der Waals surface area contributed by atoms with Gasteiger partial charge in [-0.1, -0.05) is 48.5 Å². The van der Waals surface area contributed by atoms with Gasteiger partial charge in [-0.05, 0) is 61.8 Å². The van der Waals surface area contributed by atoms with E-state index in [-0.39, 0.29) is 18.3 Å². The molecule has 3 nitrogen and oxygen atoms in total. The van der Waals surface area contributed by atoms with E-state index in [1.807, 2.05) is 29.2 Å². The first kappa shape index (κ1) is 19.9. The Morgan fingerprint density at radius 2 is 1.59 bits per heavy atom. The van der Waals surface area contributed by atoms with E-state index >= 15 is 0 Å². The highest BCUT2D eigenvalue weighted by atomic mass is 35.5. The Balaban J connectivity index is 0.00000210. The fraction of sp³-hybridized carbons (Fsp3) is 0.435. The molecule has 144 valence electrons. The van der Waals surface area contributed by atoms with E-state index in [4.69, 9.17) is 0 Å². The van der Waals surface area contributed by atoms with E-state index < -0.39 is 0 Å². The summed E-state index contributed by atoms with van der Waals surface area (Å²) in [6.45, 7) is 2.89. The molecule has 0 atom stereocenters. The van der Waals surface area contributed by atoms with Gasteiger partial charge in [-0.3, -0.25) is 4.79 Å². The van der Waals surface area contributed by atoms with Gasteiger partial charge < -0.3 is 10.2 Å². The molecule has 1 saturated carbocycles. The van der Waals surface area contributed by atoms with E-state index in [2.05, 4.69) is 35.6 Å². The number of amides is 1. The lowest BCUT2D eigenvalue weighted by Gasteiger charge is -2.33. The fourth-order valence-electron chi connectivity index (χ4n) is 3.81. The molecule has 1 amide bonds. The summed E-state index contributed by atoms with van der Waals surface area (Å²) in [7, 11) is 0. The lowest BCUT2D eigenvalue weighted by Crippen LogP contribution is -2.45. The van der Waals surface area contributed by atoms with E-state index in [0.717, 1.165) is 49.4 Å². The molecule has 1 heterocycles. The van der Waals surface area contributed by atoms with Crippen LogP contribution in [0.25, 0.3) is 0 Å². The molecule has 27 heavy (non-hydrogen) atoms. The standard InChI is InChI=1S/C23H28N2O.ClH/c26-23(25-14-12-21(13-15-25)24-17-19-10-11-19)22-9-5-4-8-20(22)16-18-6-2-1-3-7-18;/h1-9,19,21,24H,10-17H2;1H. The molecule has 2 aromatic rings. The van der Waals surface area contributed by atoms with Crippen LogP contribution in [0.15, 0.2) is 54.6 Å². The maximum Gasteiger partial charge on any atom is 0.254 e. The summed E-state index contributed by atoms with van der Waals surface area (Å²) in [6.07, 6.45) is 5.73. The summed E-state index contributed by atoms with van der Waals surface area (Å²) in [5.41, 5.74) is 3.23. The number of hydrogen-bond acceptors (Lipinski definition) is 2. The van der Waals surface area contributed by atoms with Crippen molar-refractivity contribution in [2.75, 3.05) is 19.6 Å². The molecule has 2 aromatic carbocycles. The van der Waals surface area contributed by atoms with Crippen molar-refractivity contribution >= 4 is 18.3 Å². The Morgan fingerprint density at radius 3 is 2.30 bits per heavy atom. The largest absolute Gasteiger partial charge is 0.339 e. The van der Waals surface area contributed by atoms with Crippen LogP contribution in [-0.2, 0) is 6.42 Å². The molecule has 1 aliphatic heterocycles. The quantitative estimate of drug-likeness (QED) is 0.805. The molecule has 4 rings (SSSR count). The average molecular weight is 385 g/mol. The third-order valence-corrected chi connectivity index (χ3v) is 5.66. The van der Waals surface area contributed by atoms with Gasteiger partial charge in [-0.25, -0.2) is 0 Å². The number of likely N-dealkylation sites (tertiary alicyclic amines) is 1. The zero-order chi connectivity index (χ0) is 17.8. The highest BCUT2D eigenvalue weighted by molar-refractivity contribution is 5.95. The molecule has 1 aliphatic carbocycles. The topological polar surface area (TPSA) is 32.3 Å². The number of halogens is 1. The summed E-state index contributed by atoms with van der Waals surface area (Å²) in [6, 6.07) is 19.0. The maximum absolute atomic E-state index is 13.1. The number of piperidine rings is 1. The van der Waals surface area contributed by atoms with Gasteiger partial charge in [0.05, 0.1) is 0 Å². The van der Waals surface area contributed by atoms with Crippen LogP contribution in [0, 0.1) is 5.92 Å². The number of benzene rings is 2. The van der Waals surface area contributed by atoms with Crippen LogP contribution in [0.2, 0.25) is 0 Å². The van der Waals surface area contributed by atoms with Gasteiger partial charge >= 0.3 is 0 Å². The Kier molecular flexibility index (Phi) is 6.92. The molecule has 2 aliphatic rings. The first-order valence-corrected chi connectivity index (χ1v) is 9.94. The number of nitrogens with zero attached hydrogens (tertiary/aromatic N) is 1. The van der Waals surface area contributed by atoms with Crippen LogP contribution >= 0.6 is 12.4 Å². The van der Waals surface area contributed by atoms with Gasteiger partial charge in [0.1, 0.15) is 0 Å². The molecule has 0 radical (unpaired) electrons. The second-order valence-corrected chi connectivity index (χ2v) is 7.74. The predicted octanol–water partition coefficient (Wildman–Crippen LogP) is 4.30. The summed E-state index contributed by atoms with van der Waals surface area (Å²) < 4.78 is 0. The lowest BCUT2D eigenvalue weighted by atomic mass is 9.97. The van der Waals surface area contributed by atoms with Gasteiger partial charge in [0.2, 0.25) is 0 Å². The maximum atomic E-state index is 13.1. The summed E-state index contributed by atoms with van der Waals surface area (Å²) in [5.74, 6) is 1.11. The highest BCUT2D eigenvalue weighted by Crippen LogP contribution is 2.28. The minimum absolute atomic E-state index is 0. The van der Waals surface area contributed by atoms with Gasteiger partial charge in [0, 0.05) is 24.7 Å². The van der Waals surface area contributed by atoms with Crippen molar-refractivity contribution in [2.24, 2.45) is 5.92 Å². The minimum atomic E-state index is 0. The zero-order valence-electron chi connectivity index (χ0n) is 15.8. The van der Waals surface area contributed by atoms with Gasteiger partial charge in [-0.2, -0.15) is 0 Å². The first-order chi connectivity index (χ1) is 12.8. The second-order valence-electron chi connectivity index (χ2n) is 7.74. The third-order valence-electron chi connectivity index (χ3n) is 5.66. The lowest BCUT2D eigenvalue weighted by molar-refractivity contribution is 0.0704. The number of carbonyl (C=O) groups excluding carboxylic acids is 1. The Hall–Kier alpha value is -1.84. The zero-order valence-corrected chi connectivity index (χ0v) is 16.6. The van der Waals surface area contributed by atoms with Crippen molar-refractivity contribution in [3.8, 4) is 0 Å². The van der Waals surface area contributed by atoms with Crippen LogP contribution in [-0.4, -0.2) is 36.5 Å². The third kappa shape index (κ3) is 5.33. The summed E-state index contributed by atoms with van der Waals surface area (Å²) in [4.78, 5) is 15.1. The van der Waals surface area contributed by atoms with Crippen molar-refractivity contribution in [3.05, 3.63) is 71.3 Å². The van der Waals surface area contributed by atoms with Gasteiger partial charge in [0.25, 0.3) is 5.91 Å². The van der Waals surface area contributed by atoms with E-state index in [1.54, 1.807) is 0 Å².